The largest absolute Gasteiger partial charge is 0.397 e. The Morgan fingerprint density at radius 1 is 1.34 bits per heavy atom. The van der Waals surface area contributed by atoms with Crippen LogP contribution in [-0.4, -0.2) is 28.4 Å². The monoisotopic (exact) mass is 411 g/mol. The van der Waals surface area contributed by atoms with Crippen LogP contribution in [0.3, 0.4) is 0 Å². The summed E-state index contributed by atoms with van der Waals surface area (Å²) in [6, 6.07) is 2.39. The van der Waals surface area contributed by atoms with Gasteiger partial charge in [-0.05, 0) is 41.6 Å². The summed E-state index contributed by atoms with van der Waals surface area (Å²) in [7, 11) is 0. The first-order valence-electron chi connectivity index (χ1n) is 10.2. The molecule has 29 heavy (non-hydrogen) atoms. The molecule has 0 radical (unpaired) electrons. The highest BCUT2D eigenvalue weighted by Crippen LogP contribution is 2.56. The van der Waals surface area contributed by atoms with E-state index in [9.17, 15) is 10.1 Å². The van der Waals surface area contributed by atoms with Gasteiger partial charge in [0.25, 0.3) is 5.91 Å². The summed E-state index contributed by atoms with van der Waals surface area (Å²) in [6.45, 7) is 11.6. The fraction of sp³-hybridized carbons (Fsp3) is 0.591. The Kier molecular flexibility index (Phi) is 4.36. The molecule has 7 heteroatoms. The lowest BCUT2D eigenvalue weighted by atomic mass is 9.81. The van der Waals surface area contributed by atoms with Crippen molar-refractivity contribution in [2.45, 2.75) is 65.8 Å². The molecule has 2 fully saturated rings. The molecule has 1 saturated heterocycles. The molecule has 154 valence electrons. The summed E-state index contributed by atoms with van der Waals surface area (Å²) in [5.74, 6) is 0.232. The number of likely N-dealkylation sites (tertiary alicyclic amines) is 1. The van der Waals surface area contributed by atoms with E-state index in [4.69, 9.17) is 11.5 Å². The Morgan fingerprint density at radius 3 is 2.66 bits per heavy atom. The molecular weight excluding hydrogens is 382 g/mol. The maximum Gasteiger partial charge on any atom is 0.266 e. The lowest BCUT2D eigenvalue weighted by Crippen LogP contribution is -2.48. The van der Waals surface area contributed by atoms with Crippen LogP contribution in [0.4, 0.5) is 11.5 Å². The minimum Gasteiger partial charge on any atom is -0.397 e. The van der Waals surface area contributed by atoms with Gasteiger partial charge in [-0.25, -0.2) is 4.98 Å². The summed E-state index contributed by atoms with van der Waals surface area (Å²) in [4.78, 5) is 21.2. The fourth-order valence-electron chi connectivity index (χ4n) is 5.73. The number of amides is 1. The molecule has 2 aliphatic rings. The minimum atomic E-state index is -0.0145. The van der Waals surface area contributed by atoms with Gasteiger partial charge in [-0.3, -0.25) is 4.79 Å². The number of thiophene rings is 1. The molecule has 1 aliphatic heterocycles. The number of fused-ring (bicyclic) bond motifs is 3. The second kappa shape index (κ2) is 6.33. The highest BCUT2D eigenvalue weighted by Gasteiger charge is 2.53. The molecule has 2 unspecified atom stereocenters. The molecular formula is C22H29N5OS. The van der Waals surface area contributed by atoms with Crippen molar-refractivity contribution in [1.82, 2.24) is 9.88 Å². The zero-order valence-electron chi connectivity index (χ0n) is 17.8. The van der Waals surface area contributed by atoms with Gasteiger partial charge in [0.05, 0.1) is 11.3 Å². The van der Waals surface area contributed by atoms with Gasteiger partial charge in [-0.15, -0.1) is 11.3 Å². The quantitative estimate of drug-likeness (QED) is 0.756. The van der Waals surface area contributed by atoms with Gasteiger partial charge in [-0.2, -0.15) is 5.26 Å². The molecule has 1 aliphatic carbocycles. The lowest BCUT2D eigenvalue weighted by Gasteiger charge is -2.40. The summed E-state index contributed by atoms with van der Waals surface area (Å²) < 4.78 is 0. The number of carbonyl (C=O) groups is 1. The number of pyridine rings is 1. The smallest absolute Gasteiger partial charge is 0.266 e. The van der Waals surface area contributed by atoms with Crippen LogP contribution in [-0.2, 0) is 0 Å². The number of anilines is 2. The van der Waals surface area contributed by atoms with Crippen LogP contribution < -0.4 is 11.5 Å². The molecule has 2 bridgehead atoms. The van der Waals surface area contributed by atoms with Crippen LogP contribution in [0.25, 0.3) is 10.2 Å². The van der Waals surface area contributed by atoms with Crippen LogP contribution in [0.5, 0.6) is 0 Å². The number of piperidine rings is 1. The second-order valence-electron chi connectivity index (χ2n) is 10.0. The van der Waals surface area contributed by atoms with Gasteiger partial charge in [0, 0.05) is 18.0 Å². The van der Waals surface area contributed by atoms with E-state index in [0.29, 0.717) is 31.8 Å². The van der Waals surface area contributed by atoms with Crippen molar-refractivity contribution in [1.29, 1.82) is 5.26 Å². The summed E-state index contributed by atoms with van der Waals surface area (Å²) >= 11 is 1.30. The number of carbonyl (C=O) groups excluding carboxylic acids is 1. The van der Waals surface area contributed by atoms with Crippen LogP contribution >= 0.6 is 11.3 Å². The van der Waals surface area contributed by atoms with E-state index in [1.54, 1.807) is 0 Å². The van der Waals surface area contributed by atoms with Crippen molar-refractivity contribution in [3.05, 3.63) is 16.0 Å². The minimum absolute atomic E-state index is 0.0145. The molecule has 2 aromatic heterocycles. The first-order chi connectivity index (χ1) is 13.5. The predicted octanol–water partition coefficient (Wildman–Crippen LogP) is 4.50. The highest BCUT2D eigenvalue weighted by atomic mass is 32.1. The second-order valence-corrected chi connectivity index (χ2v) is 11.0. The zero-order chi connectivity index (χ0) is 21.3. The van der Waals surface area contributed by atoms with Crippen molar-refractivity contribution in [3.8, 4) is 6.07 Å². The van der Waals surface area contributed by atoms with Crippen LogP contribution in [0, 0.1) is 22.2 Å². The Morgan fingerprint density at radius 2 is 2.03 bits per heavy atom. The van der Waals surface area contributed by atoms with E-state index in [-0.39, 0.29) is 29.1 Å². The maximum atomic E-state index is 13.6. The molecule has 1 saturated carbocycles. The number of nitrogens with zero attached hydrogens (tertiary/aromatic N) is 3. The van der Waals surface area contributed by atoms with Crippen molar-refractivity contribution in [3.63, 3.8) is 0 Å². The first kappa shape index (κ1) is 20.0. The molecule has 1 amide bonds. The Bertz CT molecular complexity index is 1060. The summed E-state index contributed by atoms with van der Waals surface area (Å²) in [6.07, 6.45) is 3.19. The van der Waals surface area contributed by atoms with E-state index in [1.165, 1.54) is 11.3 Å². The molecule has 4 rings (SSSR count). The third kappa shape index (κ3) is 2.88. The van der Waals surface area contributed by atoms with Gasteiger partial charge >= 0.3 is 0 Å². The number of nitrogens with two attached hydrogens (primary N) is 2. The SMILES string of the molecule is CC(C)c1c(C#N)c(N)nc2sc(C(=O)N3CCC4(C)CC3C(C)(C)C4)c(N)c12. The molecule has 6 nitrogen and oxygen atoms in total. The molecule has 2 atom stereocenters. The number of hydrogen-bond acceptors (Lipinski definition) is 6. The first-order valence-corrected chi connectivity index (χ1v) is 11.0. The average Bonchev–Trinajstić information content (AvgIpc) is 3.03. The standard InChI is InChI=1S/C22H29N5OS/c1-11(2)14-12(9-23)18(25)26-19-15(14)16(24)17(29-19)20(28)27-7-6-22(5)8-13(27)21(3,4)10-22/h11,13H,6-8,10,24H2,1-5H3,(H2,25,26). The number of rotatable bonds is 2. The van der Waals surface area contributed by atoms with Gasteiger partial charge in [0.1, 0.15) is 21.6 Å². The van der Waals surface area contributed by atoms with Gasteiger partial charge < -0.3 is 16.4 Å². The van der Waals surface area contributed by atoms with E-state index >= 15 is 0 Å². The van der Waals surface area contributed by atoms with E-state index < -0.39 is 0 Å². The molecule has 0 spiro atoms. The Hall–Kier alpha value is -2.33. The molecule has 0 aromatic carbocycles. The number of nitrogen functional groups attached to an aromatic ring is 2. The Balaban J connectivity index is 1.83. The van der Waals surface area contributed by atoms with Crippen LogP contribution in [0.2, 0.25) is 0 Å². The van der Waals surface area contributed by atoms with E-state index in [1.807, 2.05) is 18.7 Å². The van der Waals surface area contributed by atoms with Crippen molar-refractivity contribution < 1.29 is 4.79 Å². The highest BCUT2D eigenvalue weighted by molar-refractivity contribution is 7.21. The zero-order valence-corrected chi connectivity index (χ0v) is 18.6. The lowest BCUT2D eigenvalue weighted by molar-refractivity contribution is 0.0480. The van der Waals surface area contributed by atoms with Gasteiger partial charge in [0.15, 0.2) is 0 Å². The van der Waals surface area contributed by atoms with Crippen molar-refractivity contribution >= 4 is 39.0 Å². The van der Waals surface area contributed by atoms with Gasteiger partial charge in [0.2, 0.25) is 0 Å². The maximum absolute atomic E-state index is 13.6. The van der Waals surface area contributed by atoms with Gasteiger partial charge in [-0.1, -0.05) is 34.6 Å². The number of nitriles is 1. The summed E-state index contributed by atoms with van der Waals surface area (Å²) in [5, 5.41) is 10.3. The summed E-state index contributed by atoms with van der Waals surface area (Å²) in [5.41, 5.74) is 14.6. The topological polar surface area (TPSA) is 109 Å². The third-order valence-corrected chi connectivity index (χ3v) is 7.98. The fourth-order valence-corrected chi connectivity index (χ4v) is 6.80. The van der Waals surface area contributed by atoms with Crippen molar-refractivity contribution in [2.24, 2.45) is 10.8 Å². The Labute approximate surface area is 175 Å². The average molecular weight is 412 g/mol. The van der Waals surface area contributed by atoms with Crippen LogP contribution in [0.1, 0.15) is 80.6 Å². The number of hydrogen-bond donors (Lipinski definition) is 2. The van der Waals surface area contributed by atoms with E-state index in [2.05, 4.69) is 31.8 Å². The predicted molar refractivity (Wildman–Crippen MR) is 118 cm³/mol. The van der Waals surface area contributed by atoms with Crippen LogP contribution in [0.15, 0.2) is 0 Å². The van der Waals surface area contributed by atoms with E-state index in [0.717, 1.165) is 31.4 Å². The molecule has 2 aromatic rings. The normalized spacial score (nSPS) is 25.6. The molecule has 4 N–H and O–H groups in total. The molecule has 3 heterocycles. The third-order valence-electron chi connectivity index (χ3n) is 6.89. The number of aromatic nitrogens is 1. The van der Waals surface area contributed by atoms with Crippen molar-refractivity contribution in [2.75, 3.05) is 18.0 Å².